The van der Waals surface area contributed by atoms with Crippen molar-refractivity contribution in [2.24, 2.45) is 5.73 Å². The van der Waals surface area contributed by atoms with E-state index in [9.17, 15) is 4.79 Å². The molecule has 4 nitrogen and oxygen atoms in total. The number of hydrogen-bond acceptors (Lipinski definition) is 3. The highest BCUT2D eigenvalue weighted by atomic mass is 16.6. The van der Waals surface area contributed by atoms with Crippen molar-refractivity contribution in [2.45, 2.75) is 64.6 Å². The van der Waals surface area contributed by atoms with Gasteiger partial charge in [-0.15, -0.1) is 0 Å². The Labute approximate surface area is 133 Å². The minimum atomic E-state index is -0.497. The number of aryl methyl sites for hydroxylation is 1. The SMILES string of the molecule is Cc1ccccc1C1(C)CC(N)CCN1C(=O)OC(C)(C)C. The van der Waals surface area contributed by atoms with E-state index in [1.165, 1.54) is 5.56 Å². The molecule has 1 aliphatic heterocycles. The van der Waals surface area contributed by atoms with Crippen LogP contribution in [0.25, 0.3) is 0 Å². The maximum absolute atomic E-state index is 12.7. The van der Waals surface area contributed by atoms with Crippen LogP contribution in [0.15, 0.2) is 24.3 Å². The number of benzene rings is 1. The minimum Gasteiger partial charge on any atom is -0.444 e. The van der Waals surface area contributed by atoms with Crippen LogP contribution in [0.4, 0.5) is 4.79 Å². The zero-order valence-corrected chi connectivity index (χ0v) is 14.3. The fourth-order valence-electron chi connectivity index (χ4n) is 3.31. The van der Waals surface area contributed by atoms with Gasteiger partial charge in [0.25, 0.3) is 0 Å². The normalized spacial score (nSPS) is 25.9. The third-order valence-corrected chi connectivity index (χ3v) is 4.32. The molecular weight excluding hydrogens is 276 g/mol. The molecule has 0 saturated carbocycles. The summed E-state index contributed by atoms with van der Waals surface area (Å²) in [6, 6.07) is 8.30. The molecule has 2 unspecified atom stereocenters. The Kier molecular flexibility index (Phi) is 4.52. The topological polar surface area (TPSA) is 55.6 Å². The highest BCUT2D eigenvalue weighted by Crippen LogP contribution is 2.39. The summed E-state index contributed by atoms with van der Waals surface area (Å²) >= 11 is 0. The summed E-state index contributed by atoms with van der Waals surface area (Å²) in [6.07, 6.45) is 1.29. The molecule has 2 atom stereocenters. The number of nitrogens with two attached hydrogens (primary N) is 1. The zero-order chi connectivity index (χ0) is 16.5. The number of piperidine rings is 1. The molecule has 4 heteroatoms. The number of amides is 1. The minimum absolute atomic E-state index is 0.100. The van der Waals surface area contributed by atoms with Crippen molar-refractivity contribution in [1.29, 1.82) is 0 Å². The standard InChI is InChI=1S/C18H28N2O2/c1-13-8-6-7-9-15(13)18(5)12-14(19)10-11-20(18)16(21)22-17(2,3)4/h6-9,14H,10-12,19H2,1-5H3. The quantitative estimate of drug-likeness (QED) is 0.863. The van der Waals surface area contributed by atoms with Crippen LogP contribution in [-0.2, 0) is 10.3 Å². The molecule has 0 aromatic heterocycles. The van der Waals surface area contributed by atoms with Crippen molar-refractivity contribution in [2.75, 3.05) is 6.54 Å². The van der Waals surface area contributed by atoms with Crippen LogP contribution in [-0.4, -0.2) is 29.2 Å². The maximum Gasteiger partial charge on any atom is 0.411 e. The monoisotopic (exact) mass is 304 g/mol. The van der Waals surface area contributed by atoms with Gasteiger partial charge in [0.15, 0.2) is 0 Å². The highest BCUT2D eigenvalue weighted by molar-refractivity contribution is 5.70. The molecule has 1 saturated heterocycles. The Bertz CT molecular complexity index is 550. The van der Waals surface area contributed by atoms with Crippen LogP contribution in [0.5, 0.6) is 0 Å². The van der Waals surface area contributed by atoms with E-state index in [4.69, 9.17) is 10.5 Å². The Morgan fingerprint density at radius 1 is 1.36 bits per heavy atom. The molecule has 22 heavy (non-hydrogen) atoms. The molecule has 0 aliphatic carbocycles. The summed E-state index contributed by atoms with van der Waals surface area (Å²) in [5.41, 5.74) is 7.61. The average Bonchev–Trinajstić information content (AvgIpc) is 2.36. The predicted molar refractivity (Wildman–Crippen MR) is 88.7 cm³/mol. The van der Waals surface area contributed by atoms with Gasteiger partial charge in [0.2, 0.25) is 0 Å². The second kappa shape index (κ2) is 5.92. The van der Waals surface area contributed by atoms with E-state index in [1.807, 2.05) is 37.8 Å². The fraction of sp³-hybridized carbons (Fsp3) is 0.611. The van der Waals surface area contributed by atoms with Gasteiger partial charge in [-0.05, 0) is 58.6 Å². The number of carbonyl (C=O) groups is 1. The van der Waals surface area contributed by atoms with E-state index < -0.39 is 11.1 Å². The first kappa shape index (κ1) is 16.8. The molecule has 1 aromatic rings. The molecule has 122 valence electrons. The summed E-state index contributed by atoms with van der Waals surface area (Å²) in [6.45, 7) is 10.5. The molecule has 0 spiro atoms. The fourth-order valence-corrected chi connectivity index (χ4v) is 3.31. The van der Waals surface area contributed by atoms with E-state index in [0.29, 0.717) is 6.54 Å². The number of hydrogen-bond donors (Lipinski definition) is 1. The summed E-state index contributed by atoms with van der Waals surface area (Å²) in [5, 5.41) is 0. The van der Waals surface area contributed by atoms with Crippen molar-refractivity contribution in [3.05, 3.63) is 35.4 Å². The summed E-state index contributed by atoms with van der Waals surface area (Å²) in [4.78, 5) is 14.5. The Balaban J connectivity index is 2.39. The summed E-state index contributed by atoms with van der Waals surface area (Å²) in [7, 11) is 0. The number of likely N-dealkylation sites (tertiary alicyclic amines) is 1. The van der Waals surface area contributed by atoms with Gasteiger partial charge in [0.05, 0.1) is 5.54 Å². The molecule has 0 radical (unpaired) electrons. The molecule has 1 heterocycles. The van der Waals surface area contributed by atoms with E-state index in [1.54, 1.807) is 0 Å². The van der Waals surface area contributed by atoms with E-state index in [0.717, 1.165) is 18.4 Å². The third-order valence-electron chi connectivity index (χ3n) is 4.32. The lowest BCUT2D eigenvalue weighted by molar-refractivity contribution is -0.0154. The smallest absolute Gasteiger partial charge is 0.411 e. The third kappa shape index (κ3) is 3.43. The van der Waals surface area contributed by atoms with Gasteiger partial charge in [0.1, 0.15) is 5.60 Å². The molecule has 1 aromatic carbocycles. The van der Waals surface area contributed by atoms with Crippen LogP contribution >= 0.6 is 0 Å². The van der Waals surface area contributed by atoms with Crippen molar-refractivity contribution in [1.82, 2.24) is 4.90 Å². The first-order valence-corrected chi connectivity index (χ1v) is 7.96. The van der Waals surface area contributed by atoms with Crippen LogP contribution in [0, 0.1) is 6.92 Å². The molecule has 1 aliphatic rings. The van der Waals surface area contributed by atoms with Crippen LogP contribution in [0.1, 0.15) is 51.7 Å². The van der Waals surface area contributed by atoms with Gasteiger partial charge in [-0.1, -0.05) is 24.3 Å². The summed E-state index contributed by atoms with van der Waals surface area (Å²) < 4.78 is 5.62. The van der Waals surface area contributed by atoms with E-state index >= 15 is 0 Å². The maximum atomic E-state index is 12.7. The Morgan fingerprint density at radius 2 is 2.00 bits per heavy atom. The van der Waals surface area contributed by atoms with Crippen LogP contribution in [0.3, 0.4) is 0 Å². The molecular formula is C18H28N2O2. The lowest BCUT2D eigenvalue weighted by atomic mass is 9.78. The van der Waals surface area contributed by atoms with Gasteiger partial charge >= 0.3 is 6.09 Å². The molecule has 2 N–H and O–H groups in total. The lowest BCUT2D eigenvalue weighted by Gasteiger charge is -2.47. The van der Waals surface area contributed by atoms with Crippen LogP contribution < -0.4 is 5.73 Å². The van der Waals surface area contributed by atoms with Crippen molar-refractivity contribution >= 4 is 6.09 Å². The first-order chi connectivity index (χ1) is 10.1. The van der Waals surface area contributed by atoms with Gasteiger partial charge in [0, 0.05) is 12.6 Å². The van der Waals surface area contributed by atoms with Crippen molar-refractivity contribution in [3.63, 3.8) is 0 Å². The van der Waals surface area contributed by atoms with Gasteiger partial charge in [-0.2, -0.15) is 0 Å². The first-order valence-electron chi connectivity index (χ1n) is 7.96. The second-order valence-corrected chi connectivity index (χ2v) is 7.47. The summed E-state index contributed by atoms with van der Waals surface area (Å²) in [5.74, 6) is 0. The molecule has 1 amide bonds. The molecule has 1 fully saturated rings. The number of nitrogens with zero attached hydrogens (tertiary/aromatic N) is 1. The van der Waals surface area contributed by atoms with Gasteiger partial charge in [-0.25, -0.2) is 4.79 Å². The zero-order valence-electron chi connectivity index (χ0n) is 14.3. The molecule has 0 bridgehead atoms. The Hall–Kier alpha value is -1.55. The van der Waals surface area contributed by atoms with Crippen LogP contribution in [0.2, 0.25) is 0 Å². The van der Waals surface area contributed by atoms with Gasteiger partial charge < -0.3 is 10.5 Å². The number of rotatable bonds is 1. The van der Waals surface area contributed by atoms with Crippen molar-refractivity contribution < 1.29 is 9.53 Å². The Morgan fingerprint density at radius 3 is 2.59 bits per heavy atom. The van der Waals surface area contributed by atoms with Gasteiger partial charge in [-0.3, -0.25) is 4.90 Å². The second-order valence-electron chi connectivity index (χ2n) is 7.47. The van der Waals surface area contributed by atoms with Crippen molar-refractivity contribution in [3.8, 4) is 0 Å². The largest absolute Gasteiger partial charge is 0.444 e. The highest BCUT2D eigenvalue weighted by Gasteiger charge is 2.43. The number of ether oxygens (including phenoxy) is 1. The van der Waals surface area contributed by atoms with E-state index in [-0.39, 0.29) is 12.1 Å². The molecule has 2 rings (SSSR count). The average molecular weight is 304 g/mol. The number of carbonyl (C=O) groups excluding carboxylic acids is 1. The predicted octanol–water partition coefficient (Wildman–Crippen LogP) is 3.57. The lowest BCUT2D eigenvalue weighted by Crippen LogP contribution is -2.56. The van der Waals surface area contributed by atoms with E-state index in [2.05, 4.69) is 26.0 Å².